The van der Waals surface area contributed by atoms with Gasteiger partial charge in [0.2, 0.25) is 0 Å². The molecule has 0 aliphatic rings. The van der Waals surface area contributed by atoms with Crippen molar-refractivity contribution in [1.82, 2.24) is 4.98 Å². The minimum Gasteiger partial charge on any atom is -0.497 e. The average Bonchev–Trinajstić information content (AvgIpc) is 2.58. The lowest BCUT2D eigenvalue weighted by Crippen LogP contribution is -1.98. The summed E-state index contributed by atoms with van der Waals surface area (Å²) < 4.78 is 5.30. The number of nitrogens with zero attached hydrogens (tertiary/aromatic N) is 2. The summed E-state index contributed by atoms with van der Waals surface area (Å²) in [4.78, 5) is 4.34. The second-order valence-electron chi connectivity index (χ2n) is 5.47. The molecule has 0 unspecified atom stereocenters. The van der Waals surface area contributed by atoms with Gasteiger partial charge in [-0.1, -0.05) is 6.07 Å². The standard InChI is InChI=1S/C19H17N3O/c1-12-4-5-15(8-13(12)2)22-19-14(10-20)11-21-18-7-6-16(23-3)9-17(18)19/h4-9,11H,1-3H3,(H,21,22). The van der Waals surface area contributed by atoms with E-state index in [2.05, 4.69) is 42.4 Å². The zero-order valence-corrected chi connectivity index (χ0v) is 13.3. The van der Waals surface area contributed by atoms with Gasteiger partial charge < -0.3 is 10.1 Å². The van der Waals surface area contributed by atoms with Crippen LogP contribution in [0.15, 0.2) is 42.6 Å². The summed E-state index contributed by atoms with van der Waals surface area (Å²) in [5.74, 6) is 0.734. The molecule has 0 radical (unpaired) electrons. The summed E-state index contributed by atoms with van der Waals surface area (Å²) in [5, 5.41) is 13.7. The van der Waals surface area contributed by atoms with Crippen LogP contribution in [0.1, 0.15) is 16.7 Å². The Balaban J connectivity index is 2.17. The van der Waals surface area contributed by atoms with Gasteiger partial charge in [-0.3, -0.25) is 4.98 Å². The van der Waals surface area contributed by atoms with E-state index >= 15 is 0 Å². The second-order valence-corrected chi connectivity index (χ2v) is 5.47. The Labute approximate surface area is 135 Å². The SMILES string of the molecule is COc1ccc2ncc(C#N)c(Nc3ccc(C)c(C)c3)c2c1. The Morgan fingerprint density at radius 1 is 1.09 bits per heavy atom. The second kappa shape index (κ2) is 5.98. The van der Waals surface area contributed by atoms with Crippen LogP contribution in [-0.2, 0) is 0 Å². The number of nitrogens with one attached hydrogen (secondary N) is 1. The van der Waals surface area contributed by atoms with Gasteiger partial charge in [-0.2, -0.15) is 5.26 Å². The molecule has 1 N–H and O–H groups in total. The first-order valence-corrected chi connectivity index (χ1v) is 7.33. The first-order valence-electron chi connectivity index (χ1n) is 7.33. The molecule has 0 fully saturated rings. The predicted octanol–water partition coefficient (Wildman–Crippen LogP) is 4.48. The fourth-order valence-corrected chi connectivity index (χ4v) is 2.48. The van der Waals surface area contributed by atoms with Crippen molar-refractivity contribution in [2.45, 2.75) is 13.8 Å². The number of fused-ring (bicyclic) bond motifs is 1. The van der Waals surface area contributed by atoms with Crippen LogP contribution in [0.5, 0.6) is 5.75 Å². The van der Waals surface area contributed by atoms with Gasteiger partial charge in [0.15, 0.2) is 0 Å². The maximum absolute atomic E-state index is 9.42. The monoisotopic (exact) mass is 303 g/mol. The minimum absolute atomic E-state index is 0.504. The van der Waals surface area contributed by atoms with E-state index in [0.717, 1.165) is 28.0 Å². The third kappa shape index (κ3) is 2.82. The Hall–Kier alpha value is -3.06. The van der Waals surface area contributed by atoms with Crippen LogP contribution in [0.2, 0.25) is 0 Å². The van der Waals surface area contributed by atoms with E-state index in [1.54, 1.807) is 13.3 Å². The van der Waals surface area contributed by atoms with Crippen LogP contribution in [0.25, 0.3) is 10.9 Å². The van der Waals surface area contributed by atoms with Crippen molar-refractivity contribution in [2.24, 2.45) is 0 Å². The first-order chi connectivity index (χ1) is 11.1. The van der Waals surface area contributed by atoms with Gasteiger partial charge in [-0.15, -0.1) is 0 Å². The molecule has 0 spiro atoms. The molecular formula is C19H17N3O. The molecule has 4 nitrogen and oxygen atoms in total. The van der Waals surface area contributed by atoms with E-state index < -0.39 is 0 Å². The number of nitriles is 1. The van der Waals surface area contributed by atoms with Gasteiger partial charge in [-0.05, 0) is 55.3 Å². The Kier molecular flexibility index (Phi) is 3.86. The lowest BCUT2D eigenvalue weighted by Gasteiger charge is -2.13. The number of hydrogen-bond donors (Lipinski definition) is 1. The van der Waals surface area contributed by atoms with E-state index in [1.807, 2.05) is 24.3 Å². The Morgan fingerprint density at radius 3 is 2.61 bits per heavy atom. The number of aryl methyl sites for hydroxylation is 2. The zero-order valence-electron chi connectivity index (χ0n) is 13.3. The van der Waals surface area contributed by atoms with E-state index in [4.69, 9.17) is 4.74 Å². The zero-order chi connectivity index (χ0) is 16.4. The third-order valence-corrected chi connectivity index (χ3v) is 3.97. The van der Waals surface area contributed by atoms with Gasteiger partial charge >= 0.3 is 0 Å². The summed E-state index contributed by atoms with van der Waals surface area (Å²) in [7, 11) is 1.62. The number of methoxy groups -OCH3 is 1. The van der Waals surface area contributed by atoms with Gasteiger partial charge in [0.05, 0.1) is 23.9 Å². The van der Waals surface area contributed by atoms with Crippen LogP contribution < -0.4 is 10.1 Å². The van der Waals surface area contributed by atoms with E-state index in [0.29, 0.717) is 5.56 Å². The van der Waals surface area contributed by atoms with Gasteiger partial charge in [0, 0.05) is 17.3 Å². The largest absolute Gasteiger partial charge is 0.497 e. The lowest BCUT2D eigenvalue weighted by molar-refractivity contribution is 0.415. The Bertz CT molecular complexity index is 926. The fourth-order valence-electron chi connectivity index (χ4n) is 2.48. The number of ether oxygens (including phenoxy) is 1. The van der Waals surface area contributed by atoms with Gasteiger partial charge in [0.25, 0.3) is 0 Å². The maximum Gasteiger partial charge on any atom is 0.119 e. The molecule has 0 aliphatic carbocycles. The molecule has 0 aliphatic heterocycles. The molecule has 0 amide bonds. The molecule has 3 aromatic rings. The van der Waals surface area contributed by atoms with Crippen molar-refractivity contribution in [3.63, 3.8) is 0 Å². The van der Waals surface area contributed by atoms with Crippen LogP contribution in [0.4, 0.5) is 11.4 Å². The third-order valence-electron chi connectivity index (χ3n) is 3.97. The van der Waals surface area contributed by atoms with Crippen molar-refractivity contribution in [3.8, 4) is 11.8 Å². The maximum atomic E-state index is 9.42. The van der Waals surface area contributed by atoms with Crippen molar-refractivity contribution < 1.29 is 4.74 Å². The summed E-state index contributed by atoms with van der Waals surface area (Å²) in [6, 6.07) is 14.0. The van der Waals surface area contributed by atoms with Crippen molar-refractivity contribution >= 4 is 22.3 Å². The number of benzene rings is 2. The van der Waals surface area contributed by atoms with Crippen LogP contribution >= 0.6 is 0 Å². The molecule has 0 bridgehead atoms. The summed E-state index contributed by atoms with van der Waals surface area (Å²) in [5.41, 5.74) is 5.45. The molecule has 2 aromatic carbocycles. The van der Waals surface area contributed by atoms with Crippen molar-refractivity contribution in [1.29, 1.82) is 5.26 Å². The van der Waals surface area contributed by atoms with Crippen LogP contribution in [-0.4, -0.2) is 12.1 Å². The number of anilines is 2. The Morgan fingerprint density at radius 2 is 1.91 bits per heavy atom. The molecule has 1 aromatic heterocycles. The van der Waals surface area contributed by atoms with E-state index in [9.17, 15) is 5.26 Å². The van der Waals surface area contributed by atoms with E-state index in [1.165, 1.54) is 11.1 Å². The first kappa shape index (κ1) is 14.9. The fraction of sp³-hybridized carbons (Fsp3) is 0.158. The topological polar surface area (TPSA) is 57.9 Å². The molecule has 3 rings (SSSR count). The van der Waals surface area contributed by atoms with Gasteiger partial charge in [0.1, 0.15) is 11.8 Å². The summed E-state index contributed by atoms with van der Waals surface area (Å²) in [6.45, 7) is 4.14. The lowest BCUT2D eigenvalue weighted by atomic mass is 10.1. The highest BCUT2D eigenvalue weighted by molar-refractivity contribution is 5.96. The van der Waals surface area contributed by atoms with Crippen molar-refractivity contribution in [2.75, 3.05) is 12.4 Å². The molecule has 0 saturated carbocycles. The number of pyridine rings is 1. The molecule has 114 valence electrons. The quantitative estimate of drug-likeness (QED) is 0.775. The molecule has 23 heavy (non-hydrogen) atoms. The van der Waals surface area contributed by atoms with E-state index in [-0.39, 0.29) is 0 Å². The van der Waals surface area contributed by atoms with Crippen LogP contribution in [0.3, 0.4) is 0 Å². The predicted molar refractivity (Wildman–Crippen MR) is 92.2 cm³/mol. The molecule has 0 atom stereocenters. The molecule has 0 saturated heterocycles. The smallest absolute Gasteiger partial charge is 0.119 e. The van der Waals surface area contributed by atoms with Gasteiger partial charge in [-0.25, -0.2) is 0 Å². The molecular weight excluding hydrogens is 286 g/mol. The number of rotatable bonds is 3. The number of hydrogen-bond acceptors (Lipinski definition) is 4. The summed E-state index contributed by atoms with van der Waals surface area (Å²) in [6.07, 6.45) is 1.60. The molecule has 1 heterocycles. The highest BCUT2D eigenvalue weighted by Gasteiger charge is 2.10. The minimum atomic E-state index is 0.504. The van der Waals surface area contributed by atoms with Crippen molar-refractivity contribution in [3.05, 3.63) is 59.3 Å². The normalized spacial score (nSPS) is 10.3. The highest BCUT2D eigenvalue weighted by atomic mass is 16.5. The molecule has 4 heteroatoms. The number of aromatic nitrogens is 1. The summed E-state index contributed by atoms with van der Waals surface area (Å²) >= 11 is 0. The highest BCUT2D eigenvalue weighted by Crippen LogP contribution is 2.31. The van der Waals surface area contributed by atoms with Crippen LogP contribution in [0, 0.1) is 25.2 Å². The average molecular weight is 303 g/mol.